The highest BCUT2D eigenvalue weighted by atomic mass is 19.4. The second kappa shape index (κ2) is 9.93. The fraction of sp³-hybridized carbons (Fsp3) is 0.550. The Morgan fingerprint density at radius 2 is 2.00 bits per heavy atom. The maximum absolute atomic E-state index is 13.4. The van der Waals surface area contributed by atoms with Crippen LogP contribution in [0.5, 0.6) is 5.75 Å². The molecule has 0 fully saturated rings. The highest BCUT2D eigenvalue weighted by Crippen LogP contribution is 2.36. The van der Waals surface area contributed by atoms with Crippen LogP contribution < -0.4 is 10.1 Å². The molecule has 0 aliphatic carbocycles. The zero-order valence-electron chi connectivity index (χ0n) is 16.9. The molecule has 1 aromatic carbocycles. The van der Waals surface area contributed by atoms with Crippen molar-refractivity contribution in [3.8, 4) is 16.9 Å². The normalized spacial score (nSPS) is 12.2. The number of hydrogen-bond acceptors (Lipinski definition) is 4. The summed E-state index contributed by atoms with van der Waals surface area (Å²) in [6, 6.07) is 3.86. The van der Waals surface area contributed by atoms with E-state index in [1.807, 2.05) is 27.9 Å². The molecule has 1 aromatic heterocycles. The number of ether oxygens (including phenoxy) is 1. The van der Waals surface area contributed by atoms with E-state index >= 15 is 0 Å². The summed E-state index contributed by atoms with van der Waals surface area (Å²) in [6.45, 7) is 6.64. The lowest BCUT2D eigenvalue weighted by atomic mass is 10.0. The number of benzene rings is 1. The molecule has 0 unspecified atom stereocenters. The number of rotatable bonds is 10. The molecule has 0 bridgehead atoms. The fourth-order valence-electron chi connectivity index (χ4n) is 2.75. The van der Waals surface area contributed by atoms with Crippen LogP contribution in [0.15, 0.2) is 24.4 Å². The van der Waals surface area contributed by atoms with Gasteiger partial charge in [-0.2, -0.15) is 18.3 Å². The molecule has 0 saturated heterocycles. The average Bonchev–Trinajstić information content (AvgIpc) is 3.06. The number of halogens is 3. The lowest BCUT2D eigenvalue weighted by molar-refractivity contribution is -0.137. The highest BCUT2D eigenvalue weighted by molar-refractivity contribution is 5.68. The van der Waals surface area contributed by atoms with E-state index in [0.717, 1.165) is 37.3 Å². The summed E-state index contributed by atoms with van der Waals surface area (Å²) in [5.41, 5.74) is 1.14. The van der Waals surface area contributed by atoms with E-state index in [2.05, 4.69) is 20.4 Å². The molecule has 156 valence electrons. The maximum atomic E-state index is 13.4. The van der Waals surface area contributed by atoms with E-state index in [0.29, 0.717) is 30.2 Å². The van der Waals surface area contributed by atoms with Gasteiger partial charge in [-0.15, -0.1) is 0 Å². The molecule has 0 radical (unpaired) electrons. The first-order valence-electron chi connectivity index (χ1n) is 9.41. The number of aromatic amines is 1. The van der Waals surface area contributed by atoms with E-state index in [9.17, 15) is 13.2 Å². The van der Waals surface area contributed by atoms with Gasteiger partial charge in [-0.1, -0.05) is 13.8 Å². The zero-order valence-corrected chi connectivity index (χ0v) is 16.9. The van der Waals surface area contributed by atoms with Crippen LogP contribution in [0.4, 0.5) is 13.2 Å². The van der Waals surface area contributed by atoms with E-state index in [1.54, 1.807) is 12.3 Å². The summed E-state index contributed by atoms with van der Waals surface area (Å²) >= 11 is 0. The molecule has 0 saturated carbocycles. The van der Waals surface area contributed by atoms with Crippen molar-refractivity contribution in [2.24, 2.45) is 5.92 Å². The van der Waals surface area contributed by atoms with Gasteiger partial charge in [0.2, 0.25) is 0 Å². The molecule has 8 heteroatoms. The predicted octanol–water partition coefficient (Wildman–Crippen LogP) is 4.17. The lowest BCUT2D eigenvalue weighted by Gasteiger charge is -2.17. The minimum Gasteiger partial charge on any atom is -0.494 e. The molecule has 0 aliphatic rings. The van der Waals surface area contributed by atoms with Gasteiger partial charge in [0, 0.05) is 25.2 Å². The maximum Gasteiger partial charge on any atom is 0.416 e. The van der Waals surface area contributed by atoms with Crippen LogP contribution in [-0.4, -0.2) is 48.9 Å². The summed E-state index contributed by atoms with van der Waals surface area (Å²) in [5.74, 6) is 0.639. The Hall–Kier alpha value is -2.06. The largest absolute Gasteiger partial charge is 0.494 e. The SMILES string of the molecule is CNCCN(C)Cc1[nH]ncc1-c1cc(OCCC(C)C)cc(C(F)(F)F)c1. The third-order valence-electron chi connectivity index (χ3n) is 4.40. The standard InChI is InChI=1S/C20H29F3N4O/c1-14(2)5-8-28-17-10-15(9-16(11-17)20(21,22)23)18-12-25-26-19(18)13-27(4)7-6-24-3/h9-12,14,24H,5-8,13H2,1-4H3,(H,25,26). The van der Waals surface area contributed by atoms with Gasteiger partial charge in [0.1, 0.15) is 5.75 Å². The summed E-state index contributed by atoms with van der Waals surface area (Å²) < 4.78 is 45.8. The van der Waals surface area contributed by atoms with Crippen molar-refractivity contribution in [1.29, 1.82) is 0 Å². The molecule has 0 aliphatic heterocycles. The smallest absolute Gasteiger partial charge is 0.416 e. The predicted molar refractivity (Wildman–Crippen MR) is 104 cm³/mol. The first-order chi connectivity index (χ1) is 13.2. The van der Waals surface area contributed by atoms with Gasteiger partial charge in [0.15, 0.2) is 0 Å². The fourth-order valence-corrected chi connectivity index (χ4v) is 2.75. The zero-order chi connectivity index (χ0) is 20.7. The monoisotopic (exact) mass is 398 g/mol. The molecule has 1 heterocycles. The van der Waals surface area contributed by atoms with Gasteiger partial charge in [-0.3, -0.25) is 10.00 Å². The molecule has 0 amide bonds. The Morgan fingerprint density at radius 1 is 1.25 bits per heavy atom. The van der Waals surface area contributed by atoms with E-state index in [1.165, 1.54) is 0 Å². The second-order valence-electron chi connectivity index (χ2n) is 7.38. The Kier molecular flexibility index (Phi) is 7.88. The molecule has 0 spiro atoms. The Labute approximate surface area is 164 Å². The quantitative estimate of drug-likeness (QED) is 0.631. The minimum atomic E-state index is -4.44. The highest BCUT2D eigenvalue weighted by Gasteiger charge is 2.32. The molecule has 0 atom stereocenters. The van der Waals surface area contributed by atoms with Gasteiger partial charge in [-0.25, -0.2) is 0 Å². The van der Waals surface area contributed by atoms with Crippen molar-refractivity contribution in [2.75, 3.05) is 33.8 Å². The van der Waals surface area contributed by atoms with E-state index in [4.69, 9.17) is 4.74 Å². The van der Waals surface area contributed by atoms with Gasteiger partial charge in [0.05, 0.1) is 24.1 Å². The van der Waals surface area contributed by atoms with Crippen molar-refractivity contribution in [2.45, 2.75) is 33.0 Å². The van der Waals surface area contributed by atoms with Crippen LogP contribution in [0.25, 0.3) is 11.1 Å². The number of hydrogen-bond donors (Lipinski definition) is 2. The molecule has 2 N–H and O–H groups in total. The van der Waals surface area contributed by atoms with Crippen molar-refractivity contribution < 1.29 is 17.9 Å². The van der Waals surface area contributed by atoms with Crippen LogP contribution in [0, 0.1) is 5.92 Å². The van der Waals surface area contributed by atoms with Gasteiger partial charge in [0.25, 0.3) is 0 Å². The van der Waals surface area contributed by atoms with Crippen LogP contribution in [0.1, 0.15) is 31.5 Å². The van der Waals surface area contributed by atoms with Crippen LogP contribution in [-0.2, 0) is 12.7 Å². The van der Waals surface area contributed by atoms with Crippen molar-refractivity contribution >= 4 is 0 Å². The second-order valence-corrected chi connectivity index (χ2v) is 7.38. The van der Waals surface area contributed by atoms with Crippen molar-refractivity contribution in [3.05, 3.63) is 35.7 Å². The minimum absolute atomic E-state index is 0.223. The van der Waals surface area contributed by atoms with Gasteiger partial charge >= 0.3 is 6.18 Å². The Bertz CT molecular complexity index is 743. The summed E-state index contributed by atoms with van der Waals surface area (Å²) in [6.07, 6.45) is -2.10. The van der Waals surface area contributed by atoms with E-state index in [-0.39, 0.29) is 5.75 Å². The lowest BCUT2D eigenvalue weighted by Crippen LogP contribution is -2.27. The summed E-state index contributed by atoms with van der Waals surface area (Å²) in [7, 11) is 3.83. The number of aromatic nitrogens is 2. The molecule has 2 rings (SSSR count). The molecular formula is C20H29F3N4O. The first kappa shape index (κ1) is 22.2. The Morgan fingerprint density at radius 3 is 2.64 bits per heavy atom. The van der Waals surface area contributed by atoms with Crippen molar-refractivity contribution in [3.63, 3.8) is 0 Å². The topological polar surface area (TPSA) is 53.2 Å². The van der Waals surface area contributed by atoms with Crippen LogP contribution in [0.2, 0.25) is 0 Å². The third kappa shape index (κ3) is 6.53. The van der Waals surface area contributed by atoms with Crippen LogP contribution in [0.3, 0.4) is 0 Å². The third-order valence-corrected chi connectivity index (χ3v) is 4.40. The number of alkyl halides is 3. The molecule has 2 aromatic rings. The number of likely N-dealkylation sites (N-methyl/N-ethyl adjacent to an activating group) is 2. The molecule has 5 nitrogen and oxygen atoms in total. The number of H-pyrrole nitrogens is 1. The molecular weight excluding hydrogens is 369 g/mol. The summed E-state index contributed by atoms with van der Waals surface area (Å²) in [5, 5.41) is 10.0. The molecule has 28 heavy (non-hydrogen) atoms. The van der Waals surface area contributed by atoms with Gasteiger partial charge in [-0.05, 0) is 50.2 Å². The Balaban J connectivity index is 2.30. The first-order valence-corrected chi connectivity index (χ1v) is 9.41. The van der Waals surface area contributed by atoms with Crippen LogP contribution >= 0.6 is 0 Å². The number of nitrogens with one attached hydrogen (secondary N) is 2. The van der Waals surface area contributed by atoms with Gasteiger partial charge < -0.3 is 10.1 Å². The summed E-state index contributed by atoms with van der Waals surface area (Å²) in [4.78, 5) is 2.07. The van der Waals surface area contributed by atoms with Crippen molar-refractivity contribution in [1.82, 2.24) is 20.4 Å². The average molecular weight is 398 g/mol. The van der Waals surface area contributed by atoms with E-state index < -0.39 is 11.7 Å². The number of nitrogens with zero attached hydrogens (tertiary/aromatic N) is 2.